The van der Waals surface area contributed by atoms with Crippen molar-refractivity contribution < 1.29 is 12.2 Å². The average molecular weight is 158 g/mol. The minimum atomic E-state index is -1.29. The Kier molecular flexibility index (Phi) is 1.57. The van der Waals surface area contributed by atoms with Gasteiger partial charge in [-0.15, -0.1) is 0 Å². The molecule has 11 heavy (non-hydrogen) atoms. The fourth-order valence-electron chi connectivity index (χ4n) is 1.83. The van der Waals surface area contributed by atoms with Gasteiger partial charge in [0.05, 0.1) is 13.2 Å². The monoisotopic (exact) mass is 158 g/mol. The molecule has 1 aliphatic carbocycles. The lowest BCUT2D eigenvalue weighted by Crippen LogP contribution is -2.42. The Labute approximate surface area is 70.7 Å². The highest BCUT2D eigenvalue weighted by molar-refractivity contribution is 4.77. The average Bonchev–Trinajstić information content (AvgIpc) is 2.13. The summed E-state index contributed by atoms with van der Waals surface area (Å²) in [5.41, 5.74) is 0. The number of ether oxygens (including phenoxy) is 2. The Bertz CT molecular complexity index is 176. The Balaban J connectivity index is 1.95. The van der Waals surface area contributed by atoms with Crippen molar-refractivity contribution >= 4 is 0 Å². The summed E-state index contributed by atoms with van der Waals surface area (Å²) in [5, 5.41) is 0. The third-order valence-corrected chi connectivity index (χ3v) is 2.49. The molecule has 0 unspecified atom stereocenters. The lowest BCUT2D eigenvalue weighted by Gasteiger charge is -2.39. The molecule has 0 aromatic carbocycles. The summed E-state index contributed by atoms with van der Waals surface area (Å²) in [7, 11) is 0. The minimum Gasteiger partial charge on any atom is -0.350 e. The van der Waals surface area contributed by atoms with Crippen molar-refractivity contribution in [2.24, 2.45) is 0 Å². The molecule has 2 heteroatoms. The summed E-state index contributed by atoms with van der Waals surface area (Å²) >= 11 is 0. The van der Waals surface area contributed by atoms with Crippen LogP contribution >= 0.6 is 0 Å². The maximum atomic E-state index is 7.44. The van der Waals surface area contributed by atoms with E-state index in [-0.39, 0.29) is 13.2 Å². The third-order valence-electron chi connectivity index (χ3n) is 2.49. The third kappa shape index (κ3) is 1.57. The largest absolute Gasteiger partial charge is 0.350 e. The smallest absolute Gasteiger partial charge is 0.168 e. The van der Waals surface area contributed by atoms with Gasteiger partial charge in [0.25, 0.3) is 0 Å². The van der Waals surface area contributed by atoms with E-state index in [2.05, 4.69) is 0 Å². The molecule has 0 amide bonds. The summed E-state index contributed by atoms with van der Waals surface area (Å²) in [6.45, 7) is 0.375. The molecule has 0 radical (unpaired) electrons. The van der Waals surface area contributed by atoms with E-state index in [1.165, 1.54) is 6.42 Å². The second-order valence-electron chi connectivity index (χ2n) is 3.30. The summed E-state index contributed by atoms with van der Waals surface area (Å²) in [4.78, 5) is 0. The molecule has 2 rings (SSSR count). The SMILES string of the molecule is [2H]C1([2H])COC2(CCCCC2)OC1. The molecule has 1 saturated carbocycles. The molecule has 1 saturated heterocycles. The molecule has 1 aliphatic heterocycles. The van der Waals surface area contributed by atoms with E-state index in [0.717, 1.165) is 25.7 Å². The topological polar surface area (TPSA) is 18.5 Å². The van der Waals surface area contributed by atoms with Gasteiger partial charge in [0, 0.05) is 15.6 Å². The first-order valence-electron chi connectivity index (χ1n) is 5.40. The summed E-state index contributed by atoms with van der Waals surface area (Å²) in [6.07, 6.45) is 4.11. The molecule has 0 N–H and O–H groups in total. The van der Waals surface area contributed by atoms with E-state index >= 15 is 0 Å². The quantitative estimate of drug-likeness (QED) is 0.537. The van der Waals surface area contributed by atoms with Crippen molar-refractivity contribution in [1.82, 2.24) is 0 Å². The van der Waals surface area contributed by atoms with E-state index in [1.807, 2.05) is 0 Å². The second-order valence-corrected chi connectivity index (χ2v) is 3.30. The molecule has 2 fully saturated rings. The van der Waals surface area contributed by atoms with Crippen LogP contribution in [0.15, 0.2) is 0 Å². The normalized spacial score (nSPS) is 37.8. The van der Waals surface area contributed by atoms with Crippen molar-refractivity contribution in [3.63, 3.8) is 0 Å². The number of hydrogen-bond acceptors (Lipinski definition) is 2. The predicted molar refractivity (Wildman–Crippen MR) is 42.3 cm³/mol. The molecule has 2 nitrogen and oxygen atoms in total. The number of hydrogen-bond donors (Lipinski definition) is 0. The molecule has 2 aliphatic rings. The van der Waals surface area contributed by atoms with Crippen LogP contribution in [0.3, 0.4) is 0 Å². The zero-order valence-corrected chi connectivity index (χ0v) is 6.77. The number of rotatable bonds is 0. The Hall–Kier alpha value is -0.0800. The van der Waals surface area contributed by atoms with Gasteiger partial charge in [0.1, 0.15) is 0 Å². The lowest BCUT2D eigenvalue weighted by molar-refractivity contribution is -0.279. The van der Waals surface area contributed by atoms with E-state index in [4.69, 9.17) is 12.2 Å². The zero-order chi connectivity index (χ0) is 9.36. The van der Waals surface area contributed by atoms with Crippen molar-refractivity contribution in [1.29, 1.82) is 0 Å². The van der Waals surface area contributed by atoms with Crippen LogP contribution in [0, 0.1) is 0 Å². The van der Waals surface area contributed by atoms with Crippen LogP contribution in [0.25, 0.3) is 0 Å². The van der Waals surface area contributed by atoms with Crippen LogP contribution in [0.2, 0.25) is 0 Å². The summed E-state index contributed by atoms with van der Waals surface area (Å²) < 4.78 is 25.9. The van der Waals surface area contributed by atoms with Crippen LogP contribution in [0.4, 0.5) is 0 Å². The van der Waals surface area contributed by atoms with E-state index in [0.29, 0.717) is 0 Å². The van der Waals surface area contributed by atoms with Crippen molar-refractivity contribution in [3.05, 3.63) is 0 Å². The second kappa shape index (κ2) is 3.11. The molecule has 64 valence electrons. The molecule has 1 heterocycles. The molecule has 0 aromatic rings. The van der Waals surface area contributed by atoms with Gasteiger partial charge in [-0.1, -0.05) is 6.42 Å². The van der Waals surface area contributed by atoms with Gasteiger partial charge < -0.3 is 9.47 Å². The van der Waals surface area contributed by atoms with Crippen molar-refractivity contribution in [2.75, 3.05) is 13.2 Å². The molecule has 1 spiro atoms. The lowest BCUT2D eigenvalue weighted by atomic mass is 9.93. The van der Waals surface area contributed by atoms with Crippen LogP contribution in [0.5, 0.6) is 0 Å². The minimum absolute atomic E-state index is 0.188. The van der Waals surface area contributed by atoms with Gasteiger partial charge in [0.15, 0.2) is 5.79 Å². The fourth-order valence-corrected chi connectivity index (χ4v) is 1.83. The highest BCUT2D eigenvalue weighted by Crippen LogP contribution is 2.34. The van der Waals surface area contributed by atoms with Crippen molar-refractivity contribution in [3.8, 4) is 0 Å². The van der Waals surface area contributed by atoms with Gasteiger partial charge in [-0.3, -0.25) is 0 Å². The predicted octanol–water partition coefficient (Wildman–Crippen LogP) is 2.08. The molecule has 0 atom stereocenters. The fraction of sp³-hybridized carbons (Fsp3) is 1.00. The Morgan fingerprint density at radius 1 is 1.00 bits per heavy atom. The summed E-state index contributed by atoms with van der Waals surface area (Å²) in [6, 6.07) is 0. The Morgan fingerprint density at radius 2 is 1.64 bits per heavy atom. The van der Waals surface area contributed by atoms with Gasteiger partial charge in [-0.25, -0.2) is 0 Å². The van der Waals surface area contributed by atoms with Gasteiger partial charge >= 0.3 is 0 Å². The summed E-state index contributed by atoms with van der Waals surface area (Å²) in [5.74, 6) is -0.427. The molecular formula is C9H16O2. The van der Waals surface area contributed by atoms with E-state index in [9.17, 15) is 0 Å². The Morgan fingerprint density at radius 3 is 2.27 bits per heavy atom. The van der Waals surface area contributed by atoms with Crippen molar-refractivity contribution in [2.45, 2.75) is 44.3 Å². The molecule has 0 bridgehead atoms. The highest BCUT2D eigenvalue weighted by atomic mass is 16.7. The van der Waals surface area contributed by atoms with Crippen LogP contribution < -0.4 is 0 Å². The first-order valence-corrected chi connectivity index (χ1v) is 4.40. The van der Waals surface area contributed by atoms with Crippen LogP contribution in [-0.2, 0) is 9.47 Å². The zero-order valence-electron chi connectivity index (χ0n) is 8.77. The maximum Gasteiger partial charge on any atom is 0.168 e. The van der Waals surface area contributed by atoms with Gasteiger partial charge in [-0.05, 0) is 19.2 Å². The highest BCUT2D eigenvalue weighted by Gasteiger charge is 2.35. The molecular weight excluding hydrogens is 140 g/mol. The first-order chi connectivity index (χ1) is 6.12. The maximum absolute atomic E-state index is 7.44. The van der Waals surface area contributed by atoms with Crippen LogP contribution in [0.1, 0.15) is 41.2 Å². The van der Waals surface area contributed by atoms with Gasteiger partial charge in [0.2, 0.25) is 0 Å². The first kappa shape index (κ1) is 5.55. The van der Waals surface area contributed by atoms with Gasteiger partial charge in [-0.2, -0.15) is 0 Å². The van der Waals surface area contributed by atoms with E-state index < -0.39 is 12.2 Å². The van der Waals surface area contributed by atoms with E-state index in [1.54, 1.807) is 0 Å². The van der Waals surface area contributed by atoms with Crippen LogP contribution in [-0.4, -0.2) is 19.0 Å². The standard InChI is InChI=1S/C9H16O2/c1-2-5-9(6-3-1)10-7-4-8-11-9/h1-8H2/i4D2. The molecule has 0 aromatic heterocycles.